The second kappa shape index (κ2) is 6.35. The van der Waals surface area contributed by atoms with Crippen LogP contribution >= 0.6 is 69.6 Å². The van der Waals surface area contributed by atoms with Crippen LogP contribution in [0.15, 0.2) is 30.3 Å². The summed E-state index contributed by atoms with van der Waals surface area (Å²) in [5.74, 6) is 0.518. The lowest BCUT2D eigenvalue weighted by Gasteiger charge is -2.16. The van der Waals surface area contributed by atoms with E-state index in [-0.39, 0.29) is 26.6 Å². The molecule has 0 bridgehead atoms. The van der Waals surface area contributed by atoms with Crippen LogP contribution in [0.25, 0.3) is 0 Å². The summed E-state index contributed by atoms with van der Waals surface area (Å²) in [5.41, 5.74) is -0.0514. The molecule has 0 aliphatic carbocycles. The molecule has 2 nitrogen and oxygen atoms in total. The molecule has 0 unspecified atom stereocenters. The van der Waals surface area contributed by atoms with E-state index in [1.807, 2.05) is 6.07 Å². The van der Waals surface area contributed by atoms with Gasteiger partial charge in [0.25, 0.3) is 0 Å². The van der Waals surface area contributed by atoms with Gasteiger partial charge in [0.15, 0.2) is 0 Å². The summed E-state index contributed by atoms with van der Waals surface area (Å²) in [7, 11) is 0. The van der Waals surface area contributed by atoms with Crippen molar-refractivity contribution in [3.8, 4) is 11.6 Å². The van der Waals surface area contributed by atoms with E-state index in [1.165, 1.54) is 0 Å². The first-order chi connectivity index (χ1) is 9.30. The summed E-state index contributed by atoms with van der Waals surface area (Å²) in [6.45, 7) is 0. The van der Waals surface area contributed by atoms with Crippen LogP contribution in [-0.4, -0.2) is 4.98 Å². The first-order valence-corrected chi connectivity index (χ1v) is 7.42. The summed E-state index contributed by atoms with van der Waals surface area (Å²) in [6.07, 6.45) is 0. The summed E-state index contributed by atoms with van der Waals surface area (Å²) >= 11 is 35.4. The van der Waals surface area contributed by atoms with Crippen LogP contribution in [0, 0.1) is 0 Å². The smallest absolute Gasteiger partial charge is 0.240 e. The van der Waals surface area contributed by atoms with Gasteiger partial charge in [0.05, 0.1) is 10.0 Å². The maximum atomic E-state index is 6.04. The van der Waals surface area contributed by atoms with E-state index < -0.39 is 3.79 Å². The van der Waals surface area contributed by atoms with E-state index in [1.54, 1.807) is 24.3 Å². The molecule has 0 N–H and O–H groups in total. The lowest BCUT2D eigenvalue weighted by atomic mass is 10.3. The van der Waals surface area contributed by atoms with Gasteiger partial charge >= 0.3 is 0 Å². The van der Waals surface area contributed by atoms with Crippen molar-refractivity contribution in [2.24, 2.45) is 0 Å². The van der Waals surface area contributed by atoms with Gasteiger partial charge < -0.3 is 4.74 Å². The minimum atomic E-state index is -1.85. The minimum absolute atomic E-state index is 0.00796. The van der Waals surface area contributed by atoms with Gasteiger partial charge in [-0.25, -0.2) is 4.98 Å². The second-order valence-electron chi connectivity index (χ2n) is 3.62. The zero-order chi connectivity index (χ0) is 14.9. The first kappa shape index (κ1) is 16.3. The molecule has 2 rings (SSSR count). The Kier molecular flexibility index (Phi) is 5.17. The zero-order valence-electron chi connectivity index (χ0n) is 9.51. The van der Waals surface area contributed by atoms with Crippen LogP contribution in [0.2, 0.25) is 15.1 Å². The fourth-order valence-corrected chi connectivity index (χ4v) is 2.58. The molecule has 106 valence electrons. The molecule has 20 heavy (non-hydrogen) atoms. The number of ether oxygens (including phenoxy) is 1. The molecule has 8 heteroatoms. The molecule has 0 aliphatic heterocycles. The Balaban J connectivity index is 2.51. The molecule has 0 fully saturated rings. The first-order valence-electron chi connectivity index (χ1n) is 5.15. The number of pyridine rings is 1. The highest BCUT2D eigenvalue weighted by Gasteiger charge is 2.32. The molecule has 1 aromatic carbocycles. The van der Waals surface area contributed by atoms with Gasteiger partial charge in [-0.15, -0.1) is 0 Å². The maximum Gasteiger partial charge on any atom is 0.240 e. The van der Waals surface area contributed by atoms with Crippen LogP contribution in [0.4, 0.5) is 0 Å². The van der Waals surface area contributed by atoms with Crippen molar-refractivity contribution in [2.45, 2.75) is 3.79 Å². The van der Waals surface area contributed by atoms with E-state index in [0.717, 1.165) is 0 Å². The van der Waals surface area contributed by atoms with Crippen molar-refractivity contribution >= 4 is 69.6 Å². The number of alkyl halides is 3. The Bertz CT molecular complexity index is 626. The third-order valence-corrected chi connectivity index (χ3v) is 4.05. The quantitative estimate of drug-likeness (QED) is 0.534. The molecule has 0 saturated carbocycles. The molecule has 0 saturated heterocycles. The lowest BCUT2D eigenvalue weighted by Crippen LogP contribution is -2.07. The van der Waals surface area contributed by atoms with Gasteiger partial charge in [-0.2, -0.15) is 0 Å². The molecule has 1 heterocycles. The number of nitrogens with zero attached hydrogens (tertiary/aromatic N) is 1. The van der Waals surface area contributed by atoms with Crippen molar-refractivity contribution in [1.82, 2.24) is 4.98 Å². The van der Waals surface area contributed by atoms with Crippen molar-refractivity contribution in [3.63, 3.8) is 0 Å². The van der Waals surface area contributed by atoms with Gasteiger partial charge in [0.1, 0.15) is 16.5 Å². The minimum Gasteiger partial charge on any atom is -0.437 e. The second-order valence-corrected chi connectivity index (χ2v) is 7.04. The summed E-state index contributed by atoms with van der Waals surface area (Å²) in [5, 5.41) is 0.0196. The SMILES string of the molecule is Clc1c(Oc2ccccc2)nc(C(Cl)(Cl)Cl)c(Cl)c1Cl. The molecule has 1 aromatic heterocycles. The number of halogens is 6. The Morgan fingerprint density at radius 1 is 0.850 bits per heavy atom. The molecular weight excluding hydrogens is 387 g/mol. The number of aromatic nitrogens is 1. The number of hydrogen-bond donors (Lipinski definition) is 0. The zero-order valence-corrected chi connectivity index (χ0v) is 14.0. The lowest BCUT2D eigenvalue weighted by molar-refractivity contribution is 0.461. The van der Waals surface area contributed by atoms with Crippen LogP contribution < -0.4 is 4.74 Å². The molecule has 2 aromatic rings. The predicted octanol–water partition coefficient (Wildman–Crippen LogP) is 6.66. The maximum absolute atomic E-state index is 6.04. The van der Waals surface area contributed by atoms with Gasteiger partial charge in [-0.1, -0.05) is 87.8 Å². The highest BCUT2D eigenvalue weighted by atomic mass is 35.6. The highest BCUT2D eigenvalue weighted by molar-refractivity contribution is 6.67. The Labute approximate surface area is 145 Å². The Hall–Kier alpha value is -0.0900. The van der Waals surface area contributed by atoms with Gasteiger partial charge in [0, 0.05) is 0 Å². The number of rotatable bonds is 2. The van der Waals surface area contributed by atoms with E-state index in [2.05, 4.69) is 4.98 Å². The average Bonchev–Trinajstić information content (AvgIpc) is 2.39. The van der Waals surface area contributed by atoms with Crippen LogP contribution in [0.1, 0.15) is 5.69 Å². The van der Waals surface area contributed by atoms with Gasteiger partial charge in [-0.05, 0) is 12.1 Å². The predicted molar refractivity (Wildman–Crippen MR) is 85.0 cm³/mol. The fourth-order valence-electron chi connectivity index (χ4n) is 1.35. The Morgan fingerprint density at radius 3 is 2.00 bits per heavy atom. The van der Waals surface area contributed by atoms with Crippen molar-refractivity contribution in [3.05, 3.63) is 51.1 Å². The number of benzene rings is 1. The average molecular weight is 392 g/mol. The van der Waals surface area contributed by atoms with E-state index >= 15 is 0 Å². The number of hydrogen-bond acceptors (Lipinski definition) is 2. The Morgan fingerprint density at radius 2 is 1.45 bits per heavy atom. The van der Waals surface area contributed by atoms with Crippen molar-refractivity contribution in [2.75, 3.05) is 0 Å². The number of para-hydroxylation sites is 1. The summed E-state index contributed by atoms with van der Waals surface area (Å²) in [4.78, 5) is 4.03. The topological polar surface area (TPSA) is 22.1 Å². The van der Waals surface area contributed by atoms with E-state index in [9.17, 15) is 0 Å². The highest BCUT2D eigenvalue weighted by Crippen LogP contribution is 2.47. The summed E-state index contributed by atoms with van der Waals surface area (Å²) in [6, 6.07) is 8.85. The largest absolute Gasteiger partial charge is 0.437 e. The van der Waals surface area contributed by atoms with Crippen LogP contribution in [-0.2, 0) is 3.79 Å². The molecule has 0 radical (unpaired) electrons. The van der Waals surface area contributed by atoms with Crippen LogP contribution in [0.5, 0.6) is 11.6 Å². The molecule has 0 atom stereocenters. The molecule has 0 amide bonds. The normalized spacial score (nSPS) is 11.5. The van der Waals surface area contributed by atoms with Crippen molar-refractivity contribution < 1.29 is 4.74 Å². The van der Waals surface area contributed by atoms with E-state index in [4.69, 9.17) is 74.3 Å². The third-order valence-electron chi connectivity index (χ3n) is 2.22. The molecule has 0 spiro atoms. The fraction of sp³-hybridized carbons (Fsp3) is 0.0833. The van der Waals surface area contributed by atoms with Gasteiger partial charge in [-0.3, -0.25) is 0 Å². The monoisotopic (exact) mass is 389 g/mol. The third kappa shape index (κ3) is 3.56. The molecule has 0 aliphatic rings. The summed E-state index contributed by atoms with van der Waals surface area (Å²) < 4.78 is 3.67. The standard InChI is InChI=1S/C12H5Cl6NO/c13-7-8(14)10(12(16,17)18)19-11(9(7)15)20-6-4-2-1-3-5-6/h1-5H. The molecular formula is C12H5Cl6NO. The van der Waals surface area contributed by atoms with Crippen molar-refractivity contribution in [1.29, 1.82) is 0 Å². The van der Waals surface area contributed by atoms with E-state index in [0.29, 0.717) is 5.75 Å². The van der Waals surface area contributed by atoms with Crippen LogP contribution in [0.3, 0.4) is 0 Å². The van der Waals surface area contributed by atoms with Gasteiger partial charge in [0.2, 0.25) is 9.67 Å².